The molecule has 2 aromatic rings. The summed E-state index contributed by atoms with van der Waals surface area (Å²) in [5, 5.41) is 19.0. The highest BCUT2D eigenvalue weighted by molar-refractivity contribution is 5.87. The first-order valence-corrected chi connectivity index (χ1v) is 6.58. The molecule has 2 N–H and O–H groups in total. The van der Waals surface area contributed by atoms with Gasteiger partial charge in [0.1, 0.15) is 0 Å². The maximum Gasteiger partial charge on any atom is 0.335 e. The van der Waals surface area contributed by atoms with Crippen molar-refractivity contribution in [2.75, 3.05) is 6.54 Å². The zero-order chi connectivity index (χ0) is 15.1. The molecule has 1 amide bonds. The molecule has 1 heterocycles. The van der Waals surface area contributed by atoms with E-state index in [1.165, 1.54) is 0 Å². The molecule has 0 saturated carbocycles. The summed E-state index contributed by atoms with van der Waals surface area (Å²) >= 11 is 0. The van der Waals surface area contributed by atoms with Gasteiger partial charge in [0.2, 0.25) is 5.91 Å². The van der Waals surface area contributed by atoms with E-state index in [1.807, 2.05) is 0 Å². The molecular formula is C14H16N4O3. The molecule has 0 radical (unpaired) electrons. The molecule has 0 saturated heterocycles. The van der Waals surface area contributed by atoms with Crippen molar-refractivity contribution in [2.24, 2.45) is 0 Å². The third-order valence-corrected chi connectivity index (χ3v) is 2.98. The van der Waals surface area contributed by atoms with Crippen molar-refractivity contribution in [3.63, 3.8) is 0 Å². The van der Waals surface area contributed by atoms with Crippen LogP contribution in [0.25, 0.3) is 0 Å². The van der Waals surface area contributed by atoms with Gasteiger partial charge in [-0.1, -0.05) is 17.3 Å². The first-order valence-electron chi connectivity index (χ1n) is 6.58. The monoisotopic (exact) mass is 288 g/mol. The molecule has 21 heavy (non-hydrogen) atoms. The molecular weight excluding hydrogens is 272 g/mol. The Morgan fingerprint density at radius 3 is 2.62 bits per heavy atom. The molecule has 2 rings (SSSR count). The smallest absolute Gasteiger partial charge is 0.335 e. The van der Waals surface area contributed by atoms with Crippen molar-refractivity contribution < 1.29 is 14.7 Å². The van der Waals surface area contributed by atoms with Crippen molar-refractivity contribution >= 4 is 11.9 Å². The third-order valence-electron chi connectivity index (χ3n) is 2.98. The van der Waals surface area contributed by atoms with Gasteiger partial charge in [-0.2, -0.15) is 0 Å². The Morgan fingerprint density at radius 1 is 1.24 bits per heavy atom. The number of carboxylic acids is 1. The molecule has 0 aliphatic heterocycles. The van der Waals surface area contributed by atoms with E-state index in [0.717, 1.165) is 5.56 Å². The fraction of sp³-hybridized carbons (Fsp3) is 0.286. The van der Waals surface area contributed by atoms with E-state index in [0.29, 0.717) is 25.9 Å². The second-order valence-corrected chi connectivity index (χ2v) is 4.52. The zero-order valence-electron chi connectivity index (χ0n) is 11.4. The van der Waals surface area contributed by atoms with Crippen LogP contribution >= 0.6 is 0 Å². The van der Waals surface area contributed by atoms with Gasteiger partial charge >= 0.3 is 5.97 Å². The minimum absolute atomic E-state index is 0.0485. The Morgan fingerprint density at radius 2 is 2.00 bits per heavy atom. The van der Waals surface area contributed by atoms with Gasteiger partial charge in [0.05, 0.1) is 18.3 Å². The molecule has 0 aliphatic carbocycles. The number of hydrogen-bond donors (Lipinski definition) is 2. The third kappa shape index (κ3) is 4.72. The van der Waals surface area contributed by atoms with Crippen molar-refractivity contribution in [2.45, 2.75) is 19.4 Å². The van der Waals surface area contributed by atoms with Gasteiger partial charge in [0.15, 0.2) is 0 Å². The lowest BCUT2D eigenvalue weighted by Crippen LogP contribution is -2.26. The second-order valence-electron chi connectivity index (χ2n) is 4.52. The average Bonchev–Trinajstić information content (AvgIpc) is 2.99. The van der Waals surface area contributed by atoms with Crippen LogP contribution in [0.2, 0.25) is 0 Å². The highest BCUT2D eigenvalue weighted by Gasteiger charge is 2.04. The number of aryl methyl sites for hydroxylation is 1. The van der Waals surface area contributed by atoms with E-state index in [2.05, 4.69) is 15.6 Å². The number of nitrogens with one attached hydrogen (secondary N) is 1. The maximum absolute atomic E-state index is 11.6. The van der Waals surface area contributed by atoms with E-state index >= 15 is 0 Å². The summed E-state index contributed by atoms with van der Waals surface area (Å²) < 4.78 is 1.60. The van der Waals surface area contributed by atoms with E-state index in [4.69, 9.17) is 5.11 Å². The number of nitrogens with zero attached hydrogens (tertiary/aromatic N) is 3. The molecule has 0 aliphatic rings. The van der Waals surface area contributed by atoms with Gasteiger partial charge in [-0.3, -0.25) is 9.48 Å². The Balaban J connectivity index is 1.68. The molecule has 7 nitrogen and oxygen atoms in total. The number of amides is 1. The Kier molecular flexibility index (Phi) is 5.03. The van der Waals surface area contributed by atoms with Crippen LogP contribution < -0.4 is 5.32 Å². The van der Waals surface area contributed by atoms with Gasteiger partial charge in [-0.05, 0) is 24.1 Å². The number of benzene rings is 1. The fourth-order valence-electron chi connectivity index (χ4n) is 1.82. The van der Waals surface area contributed by atoms with Crippen LogP contribution in [0.1, 0.15) is 22.3 Å². The predicted molar refractivity (Wildman–Crippen MR) is 74.8 cm³/mol. The van der Waals surface area contributed by atoms with Gasteiger partial charge in [-0.15, -0.1) is 5.10 Å². The lowest BCUT2D eigenvalue weighted by Gasteiger charge is -2.05. The molecule has 0 bridgehead atoms. The highest BCUT2D eigenvalue weighted by atomic mass is 16.4. The maximum atomic E-state index is 11.6. The largest absolute Gasteiger partial charge is 0.478 e. The normalized spacial score (nSPS) is 10.3. The number of carbonyl (C=O) groups is 2. The first kappa shape index (κ1) is 14.7. The fourth-order valence-corrected chi connectivity index (χ4v) is 1.82. The molecule has 7 heteroatoms. The summed E-state index contributed by atoms with van der Waals surface area (Å²) in [7, 11) is 0. The first-order chi connectivity index (χ1) is 10.1. The number of rotatable bonds is 7. The minimum Gasteiger partial charge on any atom is -0.478 e. The molecule has 0 fully saturated rings. The van der Waals surface area contributed by atoms with Crippen LogP contribution in [0.4, 0.5) is 0 Å². The standard InChI is InChI=1S/C14H16N4O3/c19-13(6-9-18-10-8-16-17-18)15-7-5-11-1-3-12(4-2-11)14(20)21/h1-4,8,10H,5-7,9H2,(H,15,19)(H,20,21). The SMILES string of the molecule is O=C(CCn1ccnn1)NCCc1ccc(C(=O)O)cc1. The van der Waals surface area contributed by atoms with Crippen LogP contribution in [-0.2, 0) is 17.8 Å². The molecule has 110 valence electrons. The number of aromatic nitrogens is 3. The minimum atomic E-state index is -0.942. The van der Waals surface area contributed by atoms with Crippen molar-refractivity contribution in [1.82, 2.24) is 20.3 Å². The van der Waals surface area contributed by atoms with Gasteiger partial charge < -0.3 is 10.4 Å². The lowest BCUT2D eigenvalue weighted by molar-refractivity contribution is -0.121. The Labute approximate surface area is 121 Å². The number of aromatic carboxylic acids is 1. The summed E-state index contributed by atoms with van der Waals surface area (Å²) in [6.45, 7) is 1.02. The second kappa shape index (κ2) is 7.18. The molecule has 0 atom stereocenters. The Bertz CT molecular complexity index is 593. The van der Waals surface area contributed by atoms with E-state index < -0.39 is 5.97 Å². The topological polar surface area (TPSA) is 97.1 Å². The van der Waals surface area contributed by atoms with Crippen LogP contribution in [-0.4, -0.2) is 38.5 Å². The van der Waals surface area contributed by atoms with Crippen LogP contribution in [0.5, 0.6) is 0 Å². The highest BCUT2D eigenvalue weighted by Crippen LogP contribution is 2.04. The summed E-state index contributed by atoms with van der Waals surface area (Å²) in [6, 6.07) is 6.63. The van der Waals surface area contributed by atoms with Gasteiger partial charge in [0.25, 0.3) is 0 Å². The number of hydrogen-bond acceptors (Lipinski definition) is 4. The number of carboxylic acid groups (broad SMARTS) is 1. The summed E-state index contributed by atoms with van der Waals surface area (Å²) in [5.41, 5.74) is 1.24. The van der Waals surface area contributed by atoms with Gasteiger partial charge in [0, 0.05) is 19.2 Å². The van der Waals surface area contributed by atoms with Crippen molar-refractivity contribution in [1.29, 1.82) is 0 Å². The molecule has 0 spiro atoms. The lowest BCUT2D eigenvalue weighted by atomic mass is 10.1. The summed E-state index contributed by atoms with van der Waals surface area (Å²) in [5.74, 6) is -0.990. The van der Waals surface area contributed by atoms with Crippen LogP contribution in [0.3, 0.4) is 0 Å². The van der Waals surface area contributed by atoms with Gasteiger partial charge in [-0.25, -0.2) is 4.79 Å². The zero-order valence-corrected chi connectivity index (χ0v) is 11.4. The quantitative estimate of drug-likeness (QED) is 0.782. The molecule has 0 unspecified atom stereocenters. The summed E-state index contributed by atoms with van der Waals surface area (Å²) in [4.78, 5) is 22.3. The van der Waals surface area contributed by atoms with Crippen LogP contribution in [0, 0.1) is 0 Å². The molecule has 1 aromatic carbocycles. The Hall–Kier alpha value is -2.70. The average molecular weight is 288 g/mol. The molecule has 1 aromatic heterocycles. The van der Waals surface area contributed by atoms with Crippen molar-refractivity contribution in [3.05, 3.63) is 47.8 Å². The van der Waals surface area contributed by atoms with E-state index in [9.17, 15) is 9.59 Å². The number of carbonyl (C=O) groups excluding carboxylic acids is 1. The predicted octanol–water partition coefficient (Wildman–Crippen LogP) is 0.725. The van der Waals surface area contributed by atoms with E-state index in [-0.39, 0.29) is 11.5 Å². The van der Waals surface area contributed by atoms with E-state index in [1.54, 1.807) is 41.3 Å². The van der Waals surface area contributed by atoms with Crippen molar-refractivity contribution in [3.8, 4) is 0 Å². The summed E-state index contributed by atoms with van der Waals surface area (Å²) in [6.07, 6.45) is 4.28. The van der Waals surface area contributed by atoms with Crippen LogP contribution in [0.15, 0.2) is 36.7 Å².